The minimum absolute atomic E-state index is 0.106. The van der Waals surface area contributed by atoms with Gasteiger partial charge in [0, 0.05) is 12.6 Å². The van der Waals surface area contributed by atoms with Crippen LogP contribution in [0.4, 0.5) is 0 Å². The first-order chi connectivity index (χ1) is 14.1. The lowest BCUT2D eigenvalue weighted by Crippen LogP contribution is -3.14. The molecule has 0 saturated carbocycles. The number of hydrogen-bond donors (Lipinski definition) is 2. The summed E-state index contributed by atoms with van der Waals surface area (Å²) >= 11 is 0. The number of methoxy groups -OCH3 is 1. The molecule has 0 aliphatic carbocycles. The van der Waals surface area contributed by atoms with Gasteiger partial charge in [0.1, 0.15) is 13.1 Å². The van der Waals surface area contributed by atoms with E-state index >= 15 is 0 Å². The maximum Gasteiger partial charge on any atom is 0.258 e. The molecule has 1 atom stereocenters. The zero-order valence-corrected chi connectivity index (χ0v) is 17.1. The molecule has 1 aliphatic heterocycles. The summed E-state index contributed by atoms with van der Waals surface area (Å²) in [4.78, 5) is 17.4. The first-order valence-electron chi connectivity index (χ1n) is 9.90. The number of fused-ring (bicyclic) bond motifs is 1. The Balaban J connectivity index is 1.85. The van der Waals surface area contributed by atoms with Gasteiger partial charge in [0.15, 0.2) is 6.04 Å². The molecule has 29 heavy (non-hydrogen) atoms. The van der Waals surface area contributed by atoms with E-state index in [0.29, 0.717) is 37.8 Å². The van der Waals surface area contributed by atoms with Crippen molar-refractivity contribution >= 4 is 10.9 Å². The number of ether oxygens (including phenoxy) is 2. The molecule has 1 fully saturated rings. The van der Waals surface area contributed by atoms with E-state index in [1.807, 2.05) is 19.1 Å². The van der Waals surface area contributed by atoms with Crippen molar-refractivity contribution in [3.8, 4) is 0 Å². The number of aryl methyl sites for hydroxylation is 2. The molecule has 0 bridgehead atoms. The third-order valence-electron chi connectivity index (χ3n) is 5.67. The molecule has 9 heteroatoms. The maximum absolute atomic E-state index is 13.1. The lowest BCUT2D eigenvalue weighted by molar-refractivity contribution is -0.933. The van der Waals surface area contributed by atoms with Crippen LogP contribution in [-0.4, -0.2) is 65.2 Å². The van der Waals surface area contributed by atoms with Crippen molar-refractivity contribution < 1.29 is 14.4 Å². The van der Waals surface area contributed by atoms with Crippen molar-refractivity contribution in [2.24, 2.45) is 0 Å². The summed E-state index contributed by atoms with van der Waals surface area (Å²) in [6, 6.07) is 5.85. The molecule has 0 unspecified atom stereocenters. The highest BCUT2D eigenvalue weighted by atomic mass is 16.5. The number of hydrogen-bond acceptors (Lipinski definition) is 6. The molecular weight excluding hydrogens is 372 g/mol. The molecule has 4 rings (SSSR count). The van der Waals surface area contributed by atoms with Gasteiger partial charge in [0.25, 0.3) is 5.56 Å². The average Bonchev–Trinajstić information content (AvgIpc) is 3.17. The van der Waals surface area contributed by atoms with E-state index < -0.39 is 0 Å². The molecule has 9 nitrogen and oxygen atoms in total. The zero-order valence-electron chi connectivity index (χ0n) is 17.1. The number of aromatic nitrogens is 5. The number of aromatic amines is 1. The van der Waals surface area contributed by atoms with E-state index in [2.05, 4.69) is 33.5 Å². The standard InChI is InChI=1S/C20H26N6O3/c1-13-10-15-12-16(20(27)21-17(15)11-14(13)2)18(25-4-8-29-9-5-25)19-22-23-24-26(19)6-7-28-3/h10-12,18H,4-9H2,1-3H3,(H,21,27)/p+1/t18-/m0/s1. The number of tetrazole rings is 1. The second-order valence-corrected chi connectivity index (χ2v) is 7.53. The topological polar surface area (TPSA) is 99.4 Å². The summed E-state index contributed by atoms with van der Waals surface area (Å²) < 4.78 is 12.5. The van der Waals surface area contributed by atoms with E-state index in [0.717, 1.165) is 29.6 Å². The fourth-order valence-corrected chi connectivity index (χ4v) is 3.93. The number of H-pyrrole nitrogens is 1. The minimum atomic E-state index is -0.277. The largest absolute Gasteiger partial charge is 0.383 e. The van der Waals surface area contributed by atoms with Crippen molar-refractivity contribution in [1.29, 1.82) is 0 Å². The van der Waals surface area contributed by atoms with Crippen molar-refractivity contribution in [3.63, 3.8) is 0 Å². The van der Waals surface area contributed by atoms with Crippen molar-refractivity contribution in [2.75, 3.05) is 40.0 Å². The van der Waals surface area contributed by atoms with E-state index in [1.54, 1.807) is 11.8 Å². The average molecular weight is 399 g/mol. The van der Waals surface area contributed by atoms with Crippen LogP contribution in [0.2, 0.25) is 0 Å². The number of benzene rings is 1. The second kappa shape index (κ2) is 8.40. The molecule has 154 valence electrons. The van der Waals surface area contributed by atoms with Gasteiger partial charge in [-0.15, -0.1) is 5.10 Å². The van der Waals surface area contributed by atoms with Gasteiger partial charge in [-0.05, 0) is 59.0 Å². The molecule has 0 radical (unpaired) electrons. The van der Waals surface area contributed by atoms with Crippen LogP contribution in [0.5, 0.6) is 0 Å². The molecule has 2 aromatic heterocycles. The summed E-state index contributed by atoms with van der Waals surface area (Å²) in [5, 5.41) is 13.3. The smallest absolute Gasteiger partial charge is 0.258 e. The molecule has 0 spiro atoms. The Hall–Kier alpha value is -2.62. The molecule has 2 N–H and O–H groups in total. The van der Waals surface area contributed by atoms with Crippen molar-refractivity contribution in [3.05, 3.63) is 51.1 Å². The monoisotopic (exact) mass is 399 g/mol. The Morgan fingerprint density at radius 1 is 1.24 bits per heavy atom. The second-order valence-electron chi connectivity index (χ2n) is 7.53. The number of nitrogens with zero attached hydrogens (tertiary/aromatic N) is 4. The molecule has 1 saturated heterocycles. The summed E-state index contributed by atoms with van der Waals surface area (Å²) in [7, 11) is 1.65. The number of quaternary nitrogens is 1. The van der Waals surface area contributed by atoms with Gasteiger partial charge in [-0.1, -0.05) is 0 Å². The van der Waals surface area contributed by atoms with E-state index in [9.17, 15) is 4.79 Å². The van der Waals surface area contributed by atoms with Gasteiger partial charge in [0.05, 0.1) is 31.9 Å². The minimum Gasteiger partial charge on any atom is -0.383 e. The van der Waals surface area contributed by atoms with E-state index in [-0.39, 0.29) is 11.6 Å². The number of rotatable bonds is 6. The van der Waals surface area contributed by atoms with Crippen LogP contribution in [0.25, 0.3) is 10.9 Å². The third kappa shape index (κ3) is 3.93. The molecular formula is C20H27N6O3+. The van der Waals surface area contributed by atoms with Gasteiger partial charge >= 0.3 is 0 Å². The highest BCUT2D eigenvalue weighted by molar-refractivity contribution is 5.80. The quantitative estimate of drug-likeness (QED) is 0.595. The summed E-state index contributed by atoms with van der Waals surface area (Å²) in [5.74, 6) is 0.674. The first kappa shape index (κ1) is 19.7. The Morgan fingerprint density at radius 2 is 2.00 bits per heavy atom. The Kier molecular flexibility index (Phi) is 5.70. The van der Waals surface area contributed by atoms with Crippen LogP contribution in [-0.2, 0) is 16.0 Å². The van der Waals surface area contributed by atoms with Crippen LogP contribution in [0.1, 0.15) is 28.6 Å². The Bertz CT molecular complexity index is 1050. The highest BCUT2D eigenvalue weighted by Crippen LogP contribution is 2.21. The van der Waals surface area contributed by atoms with Crippen LogP contribution in [0.15, 0.2) is 23.0 Å². The maximum atomic E-state index is 13.1. The summed E-state index contributed by atoms with van der Waals surface area (Å²) in [6.07, 6.45) is 0. The summed E-state index contributed by atoms with van der Waals surface area (Å²) in [6.45, 7) is 8.02. The lowest BCUT2D eigenvalue weighted by atomic mass is 10.0. The number of nitrogens with one attached hydrogen (secondary N) is 2. The van der Waals surface area contributed by atoms with Gasteiger partial charge < -0.3 is 19.4 Å². The fourth-order valence-electron chi connectivity index (χ4n) is 3.93. The zero-order chi connectivity index (χ0) is 20.4. The number of morpholine rings is 1. The van der Waals surface area contributed by atoms with Crippen LogP contribution in [0, 0.1) is 13.8 Å². The van der Waals surface area contributed by atoms with Gasteiger partial charge in [0.2, 0.25) is 5.82 Å². The normalized spacial score (nSPS) is 16.4. The third-order valence-corrected chi connectivity index (χ3v) is 5.67. The van der Waals surface area contributed by atoms with Crippen LogP contribution in [0.3, 0.4) is 0 Å². The lowest BCUT2D eigenvalue weighted by Gasteiger charge is -2.30. The van der Waals surface area contributed by atoms with Crippen LogP contribution < -0.4 is 10.5 Å². The Labute approximate surface area is 168 Å². The SMILES string of the molecule is COCCn1nnnc1[C@H](c1cc2cc(C)c(C)cc2[nH]c1=O)[NH+]1CCOCC1. The molecule has 1 aromatic carbocycles. The summed E-state index contributed by atoms with van der Waals surface area (Å²) in [5.41, 5.74) is 3.75. The van der Waals surface area contributed by atoms with Crippen LogP contribution >= 0.6 is 0 Å². The van der Waals surface area contributed by atoms with Crippen molar-refractivity contribution in [1.82, 2.24) is 25.2 Å². The molecule has 0 amide bonds. The molecule has 3 aromatic rings. The predicted molar refractivity (Wildman–Crippen MR) is 107 cm³/mol. The van der Waals surface area contributed by atoms with Gasteiger partial charge in [-0.3, -0.25) is 4.79 Å². The van der Waals surface area contributed by atoms with Gasteiger partial charge in [-0.2, -0.15) is 0 Å². The molecule has 3 heterocycles. The predicted octanol–water partition coefficient (Wildman–Crippen LogP) is -0.218. The Morgan fingerprint density at radius 3 is 2.76 bits per heavy atom. The van der Waals surface area contributed by atoms with Crippen molar-refractivity contribution in [2.45, 2.75) is 26.4 Å². The number of pyridine rings is 1. The fraction of sp³-hybridized carbons (Fsp3) is 0.500. The van der Waals surface area contributed by atoms with E-state index in [1.165, 1.54) is 10.5 Å². The molecule has 1 aliphatic rings. The van der Waals surface area contributed by atoms with Gasteiger partial charge in [-0.25, -0.2) is 4.68 Å². The highest BCUT2D eigenvalue weighted by Gasteiger charge is 2.35. The first-order valence-corrected chi connectivity index (χ1v) is 9.90. The van der Waals surface area contributed by atoms with E-state index in [4.69, 9.17) is 9.47 Å².